The van der Waals surface area contributed by atoms with Crippen molar-refractivity contribution in [1.82, 2.24) is 14.8 Å². The summed E-state index contributed by atoms with van der Waals surface area (Å²) in [5.74, 6) is 0.942. The number of benzene rings is 1. The maximum Gasteiger partial charge on any atom is 0.162 e. The van der Waals surface area contributed by atoms with Gasteiger partial charge in [0, 0.05) is 18.2 Å². The summed E-state index contributed by atoms with van der Waals surface area (Å²) in [7, 11) is 3.10. The number of halogens is 3. The van der Waals surface area contributed by atoms with E-state index in [9.17, 15) is 0 Å². The largest absolute Gasteiger partial charge is 0.495 e. The quantitative estimate of drug-likeness (QED) is 0.401. The van der Waals surface area contributed by atoms with E-state index in [0.29, 0.717) is 32.8 Å². The summed E-state index contributed by atoms with van der Waals surface area (Å²) in [5, 5.41) is 6.39. The number of ether oxygens (including phenoxy) is 3. The Hall–Kier alpha value is -1.29. The van der Waals surface area contributed by atoms with Crippen LogP contribution >= 0.6 is 45.8 Å². The smallest absolute Gasteiger partial charge is 0.162 e. The van der Waals surface area contributed by atoms with Gasteiger partial charge in [-0.2, -0.15) is 5.10 Å². The molecule has 9 heteroatoms. The van der Waals surface area contributed by atoms with E-state index >= 15 is 0 Å². The van der Waals surface area contributed by atoms with Gasteiger partial charge in [0.05, 0.1) is 35.3 Å². The molecule has 1 saturated heterocycles. The minimum atomic E-state index is -0.117. The van der Waals surface area contributed by atoms with Gasteiger partial charge in [0.2, 0.25) is 0 Å². The first kappa shape index (κ1) is 20.0. The minimum absolute atomic E-state index is 0.117. The van der Waals surface area contributed by atoms with Crippen molar-refractivity contribution in [2.75, 3.05) is 20.8 Å². The Morgan fingerprint density at radius 3 is 2.46 bits per heavy atom. The highest BCUT2D eigenvalue weighted by Gasteiger charge is 2.24. The Kier molecular flexibility index (Phi) is 5.87. The van der Waals surface area contributed by atoms with Gasteiger partial charge >= 0.3 is 0 Å². The highest BCUT2D eigenvalue weighted by Crippen LogP contribution is 2.45. The third-order valence-electron chi connectivity index (χ3n) is 4.77. The Labute approximate surface area is 186 Å². The molecular weight excluding hydrogens is 516 g/mol. The van der Waals surface area contributed by atoms with Crippen molar-refractivity contribution in [2.24, 2.45) is 0 Å². The molecule has 3 aromatic rings. The molecule has 1 aliphatic heterocycles. The molecule has 3 heterocycles. The summed E-state index contributed by atoms with van der Waals surface area (Å²) in [6.07, 6.45) is 2.97. The van der Waals surface area contributed by atoms with Gasteiger partial charge in [-0.1, -0.05) is 23.2 Å². The monoisotopic (exact) mass is 533 g/mol. The van der Waals surface area contributed by atoms with E-state index in [-0.39, 0.29) is 6.23 Å². The molecule has 1 fully saturated rings. The van der Waals surface area contributed by atoms with Crippen LogP contribution in [0, 0.1) is 3.70 Å². The number of pyridine rings is 1. The zero-order chi connectivity index (χ0) is 19.8. The molecule has 0 N–H and O–H groups in total. The van der Waals surface area contributed by atoms with Gasteiger partial charge < -0.3 is 14.2 Å². The first-order valence-corrected chi connectivity index (χ1v) is 10.6. The molecule has 0 saturated carbocycles. The number of methoxy groups -OCH3 is 2. The van der Waals surface area contributed by atoms with Gasteiger partial charge in [-0.05, 0) is 54.0 Å². The van der Waals surface area contributed by atoms with Crippen molar-refractivity contribution in [1.29, 1.82) is 0 Å². The Balaban J connectivity index is 1.91. The van der Waals surface area contributed by atoms with Crippen molar-refractivity contribution in [3.8, 4) is 22.8 Å². The average Bonchev–Trinajstić information content (AvgIpc) is 3.05. The number of aromatic nitrogens is 3. The number of nitrogens with zero attached hydrogens (tertiary/aromatic N) is 3. The predicted octanol–water partition coefficient (Wildman–Crippen LogP) is 5.73. The number of hydrogen-bond acceptors (Lipinski definition) is 5. The molecule has 1 atom stereocenters. The van der Waals surface area contributed by atoms with E-state index in [1.807, 2.05) is 16.8 Å². The Bertz CT molecular complexity index is 1010. The predicted molar refractivity (Wildman–Crippen MR) is 118 cm³/mol. The molecule has 1 aliphatic rings. The molecule has 6 nitrogen and oxygen atoms in total. The van der Waals surface area contributed by atoms with E-state index < -0.39 is 0 Å². The third kappa shape index (κ3) is 3.42. The molecule has 4 rings (SSSR count). The summed E-state index contributed by atoms with van der Waals surface area (Å²) < 4.78 is 19.4. The van der Waals surface area contributed by atoms with Crippen LogP contribution in [-0.2, 0) is 4.74 Å². The van der Waals surface area contributed by atoms with E-state index in [0.717, 1.165) is 40.6 Å². The summed E-state index contributed by atoms with van der Waals surface area (Å²) >= 11 is 15.4. The van der Waals surface area contributed by atoms with E-state index in [4.69, 9.17) is 42.4 Å². The van der Waals surface area contributed by atoms with Crippen LogP contribution in [0.25, 0.3) is 22.3 Å². The summed E-state index contributed by atoms with van der Waals surface area (Å²) in [6, 6.07) is 5.52. The van der Waals surface area contributed by atoms with Gasteiger partial charge in [0.15, 0.2) is 11.9 Å². The van der Waals surface area contributed by atoms with Crippen LogP contribution in [0.4, 0.5) is 0 Å². The lowest BCUT2D eigenvalue weighted by Crippen LogP contribution is -2.19. The van der Waals surface area contributed by atoms with Crippen molar-refractivity contribution in [2.45, 2.75) is 25.5 Å². The fourth-order valence-electron chi connectivity index (χ4n) is 3.35. The van der Waals surface area contributed by atoms with Crippen molar-refractivity contribution in [3.63, 3.8) is 0 Å². The van der Waals surface area contributed by atoms with Crippen LogP contribution in [0.3, 0.4) is 0 Å². The van der Waals surface area contributed by atoms with Gasteiger partial charge in [0.1, 0.15) is 15.2 Å². The number of fused-ring (bicyclic) bond motifs is 1. The zero-order valence-electron chi connectivity index (χ0n) is 15.3. The zero-order valence-corrected chi connectivity index (χ0v) is 19.0. The number of rotatable bonds is 4. The fourth-order valence-corrected chi connectivity index (χ4v) is 4.69. The summed E-state index contributed by atoms with van der Waals surface area (Å²) in [5.41, 5.74) is 1.92. The minimum Gasteiger partial charge on any atom is -0.495 e. The Morgan fingerprint density at radius 1 is 1.14 bits per heavy atom. The van der Waals surface area contributed by atoms with Crippen LogP contribution in [0.2, 0.25) is 10.0 Å². The van der Waals surface area contributed by atoms with Crippen molar-refractivity contribution in [3.05, 3.63) is 31.9 Å². The van der Waals surface area contributed by atoms with E-state index in [1.165, 1.54) is 0 Å². The standard InChI is InChI=1S/C19H18Cl2IN3O3/c1-26-12-9-13(27-2)17(21)15(16(12)20)11-7-6-10-18(22)24-25(19(10)23-11)14-5-3-4-8-28-14/h6-7,9,14H,3-5,8H2,1-2H3. The summed E-state index contributed by atoms with van der Waals surface area (Å²) in [4.78, 5) is 4.85. The van der Waals surface area contributed by atoms with Crippen molar-refractivity contribution < 1.29 is 14.2 Å². The van der Waals surface area contributed by atoms with Gasteiger partial charge in [-0.15, -0.1) is 0 Å². The molecule has 148 valence electrons. The lowest BCUT2D eigenvalue weighted by Gasteiger charge is -2.23. The SMILES string of the molecule is COc1cc(OC)c(Cl)c(-c2ccc3c(I)nn(C4CCCCO4)c3n2)c1Cl. The molecule has 1 unspecified atom stereocenters. The van der Waals surface area contributed by atoms with E-state index in [1.54, 1.807) is 20.3 Å². The molecule has 28 heavy (non-hydrogen) atoms. The second-order valence-corrected chi connectivity index (χ2v) is 8.19. The second kappa shape index (κ2) is 8.22. The van der Waals surface area contributed by atoms with Crippen LogP contribution in [0.5, 0.6) is 11.5 Å². The molecule has 0 radical (unpaired) electrons. The molecule has 0 spiro atoms. The fraction of sp³-hybridized carbons (Fsp3) is 0.368. The van der Waals surface area contributed by atoms with Crippen molar-refractivity contribution >= 4 is 56.8 Å². The normalized spacial score (nSPS) is 17.1. The summed E-state index contributed by atoms with van der Waals surface area (Å²) in [6.45, 7) is 0.729. The maximum absolute atomic E-state index is 6.57. The second-order valence-electron chi connectivity index (χ2n) is 6.41. The van der Waals surface area contributed by atoms with Gasteiger partial charge in [0.25, 0.3) is 0 Å². The van der Waals surface area contributed by atoms with E-state index in [2.05, 4.69) is 27.7 Å². The van der Waals surface area contributed by atoms with Crippen LogP contribution < -0.4 is 9.47 Å². The first-order chi connectivity index (χ1) is 13.5. The highest BCUT2D eigenvalue weighted by atomic mass is 127. The maximum atomic E-state index is 6.57. The Morgan fingerprint density at radius 2 is 1.86 bits per heavy atom. The van der Waals surface area contributed by atoms with Gasteiger partial charge in [-0.3, -0.25) is 0 Å². The molecule has 2 aromatic heterocycles. The van der Waals surface area contributed by atoms with Gasteiger partial charge in [-0.25, -0.2) is 9.67 Å². The molecule has 1 aromatic carbocycles. The lowest BCUT2D eigenvalue weighted by molar-refractivity contribution is -0.0372. The third-order valence-corrected chi connectivity index (χ3v) is 6.32. The lowest BCUT2D eigenvalue weighted by atomic mass is 10.1. The highest BCUT2D eigenvalue weighted by molar-refractivity contribution is 14.1. The number of hydrogen-bond donors (Lipinski definition) is 0. The first-order valence-electron chi connectivity index (χ1n) is 8.81. The molecule has 0 bridgehead atoms. The van der Waals surface area contributed by atoms with Crippen LogP contribution in [0.15, 0.2) is 18.2 Å². The van der Waals surface area contributed by atoms with Crippen LogP contribution in [-0.4, -0.2) is 35.6 Å². The topological polar surface area (TPSA) is 58.4 Å². The average molecular weight is 534 g/mol. The van der Waals surface area contributed by atoms with Crippen LogP contribution in [0.1, 0.15) is 25.5 Å². The molecule has 0 aliphatic carbocycles. The molecular formula is C19H18Cl2IN3O3. The molecule has 0 amide bonds.